The number of alkyl halides is 1. The highest BCUT2D eigenvalue weighted by molar-refractivity contribution is 6.42. The number of hydrogen-bond donors (Lipinski definition) is 0. The van der Waals surface area contributed by atoms with Gasteiger partial charge in [-0.25, -0.2) is 4.39 Å². The van der Waals surface area contributed by atoms with E-state index >= 15 is 0 Å². The van der Waals surface area contributed by atoms with E-state index in [1.54, 1.807) is 30.5 Å². The van der Waals surface area contributed by atoms with E-state index in [-0.39, 0.29) is 24.6 Å². The van der Waals surface area contributed by atoms with Crippen LogP contribution in [0.4, 0.5) is 4.39 Å². The molecule has 0 N–H and O–H groups in total. The summed E-state index contributed by atoms with van der Waals surface area (Å²) in [4.78, 5) is 26.8. The van der Waals surface area contributed by atoms with Crippen LogP contribution >= 0.6 is 23.2 Å². The fourth-order valence-corrected chi connectivity index (χ4v) is 3.75. The monoisotopic (exact) mass is 418 g/mol. The maximum Gasteiger partial charge on any atom is 0.258 e. The summed E-state index contributed by atoms with van der Waals surface area (Å²) in [6, 6.07) is 12.6. The second-order valence-electron chi connectivity index (χ2n) is 6.91. The van der Waals surface area contributed by atoms with Crippen molar-refractivity contribution in [2.45, 2.75) is 19.1 Å². The maximum atomic E-state index is 13.3. The van der Waals surface area contributed by atoms with Crippen molar-refractivity contribution in [3.63, 3.8) is 0 Å². The first kappa shape index (κ1) is 19.0. The number of carbonyl (C=O) groups is 1. The van der Waals surface area contributed by atoms with Crippen LogP contribution in [0.15, 0.2) is 53.5 Å². The fourth-order valence-electron chi connectivity index (χ4n) is 3.45. The Morgan fingerprint density at radius 2 is 1.82 bits per heavy atom. The maximum absolute atomic E-state index is 13.3. The summed E-state index contributed by atoms with van der Waals surface area (Å²) in [7, 11) is 0. The van der Waals surface area contributed by atoms with E-state index in [4.69, 9.17) is 23.2 Å². The van der Waals surface area contributed by atoms with Crippen molar-refractivity contribution in [3.8, 4) is 11.1 Å². The number of halogens is 3. The van der Waals surface area contributed by atoms with Crippen LogP contribution in [-0.4, -0.2) is 34.6 Å². The third kappa shape index (κ3) is 3.64. The standard InChI is InChI=1S/C21H17Cl2FN2O2/c22-18-4-3-15(10-19(18)23)14-2-1-13-5-7-26(21(28)17(13)9-14)12-20(27)25-8-6-16(24)11-25/h1-5,7,9-10,16H,6,8,11-12H2. The molecule has 1 aromatic heterocycles. The van der Waals surface area contributed by atoms with Crippen LogP contribution in [0.2, 0.25) is 10.0 Å². The summed E-state index contributed by atoms with van der Waals surface area (Å²) in [5, 5.41) is 2.18. The molecular weight excluding hydrogens is 402 g/mol. The molecule has 1 atom stereocenters. The molecule has 0 saturated carbocycles. The Hall–Kier alpha value is -2.37. The molecule has 1 aliphatic rings. The molecule has 0 radical (unpaired) electrons. The Morgan fingerprint density at radius 1 is 1.07 bits per heavy atom. The number of benzene rings is 2. The molecule has 4 nitrogen and oxygen atoms in total. The van der Waals surface area contributed by atoms with Crippen LogP contribution in [0.5, 0.6) is 0 Å². The lowest BCUT2D eigenvalue weighted by molar-refractivity contribution is -0.131. The quantitative estimate of drug-likeness (QED) is 0.626. The van der Waals surface area contributed by atoms with Gasteiger partial charge in [0.05, 0.1) is 16.6 Å². The number of hydrogen-bond acceptors (Lipinski definition) is 2. The van der Waals surface area contributed by atoms with Crippen LogP contribution in [0.1, 0.15) is 6.42 Å². The molecule has 2 aromatic carbocycles. The molecule has 1 saturated heterocycles. The molecule has 1 unspecified atom stereocenters. The van der Waals surface area contributed by atoms with Gasteiger partial charge < -0.3 is 9.47 Å². The van der Waals surface area contributed by atoms with Gasteiger partial charge in [-0.15, -0.1) is 0 Å². The number of rotatable bonds is 3. The molecule has 28 heavy (non-hydrogen) atoms. The summed E-state index contributed by atoms with van der Waals surface area (Å²) >= 11 is 12.1. The first-order chi connectivity index (χ1) is 13.4. The van der Waals surface area contributed by atoms with Crippen molar-refractivity contribution in [1.29, 1.82) is 0 Å². The number of aromatic nitrogens is 1. The van der Waals surface area contributed by atoms with E-state index in [0.717, 1.165) is 16.5 Å². The van der Waals surface area contributed by atoms with E-state index in [9.17, 15) is 14.0 Å². The molecule has 7 heteroatoms. The third-order valence-electron chi connectivity index (χ3n) is 5.02. The predicted octanol–water partition coefficient (Wildman–Crippen LogP) is 4.55. The number of carbonyl (C=O) groups excluding carboxylic acids is 1. The largest absolute Gasteiger partial charge is 0.338 e. The van der Waals surface area contributed by atoms with Gasteiger partial charge in [-0.3, -0.25) is 9.59 Å². The SMILES string of the molecule is O=C(Cn1ccc2ccc(-c3ccc(Cl)c(Cl)c3)cc2c1=O)N1CCC(F)C1. The summed E-state index contributed by atoms with van der Waals surface area (Å²) in [6.45, 7) is 0.394. The Morgan fingerprint density at radius 3 is 2.54 bits per heavy atom. The number of amides is 1. The average Bonchev–Trinajstić information content (AvgIpc) is 3.12. The summed E-state index contributed by atoms with van der Waals surface area (Å²) in [5.41, 5.74) is 1.41. The highest BCUT2D eigenvalue weighted by atomic mass is 35.5. The van der Waals surface area contributed by atoms with Gasteiger partial charge in [0, 0.05) is 18.1 Å². The molecule has 0 bridgehead atoms. The van der Waals surface area contributed by atoms with Crippen molar-refractivity contribution < 1.29 is 9.18 Å². The molecule has 2 heterocycles. The third-order valence-corrected chi connectivity index (χ3v) is 5.76. The molecule has 1 aliphatic heterocycles. The number of nitrogens with zero attached hydrogens (tertiary/aromatic N) is 2. The van der Waals surface area contributed by atoms with E-state index in [0.29, 0.717) is 28.4 Å². The van der Waals surface area contributed by atoms with Gasteiger partial charge in [-0.2, -0.15) is 0 Å². The molecule has 4 rings (SSSR count). The van der Waals surface area contributed by atoms with Crippen molar-refractivity contribution in [1.82, 2.24) is 9.47 Å². The summed E-state index contributed by atoms with van der Waals surface area (Å²) in [6.07, 6.45) is 0.974. The molecule has 3 aromatic rings. The first-order valence-corrected chi connectivity index (χ1v) is 9.68. The Labute approximate surface area is 171 Å². The van der Waals surface area contributed by atoms with Crippen LogP contribution in [-0.2, 0) is 11.3 Å². The number of likely N-dealkylation sites (tertiary alicyclic amines) is 1. The van der Waals surface area contributed by atoms with E-state index in [1.807, 2.05) is 18.2 Å². The van der Waals surface area contributed by atoms with Crippen LogP contribution in [0.3, 0.4) is 0 Å². The normalized spacial score (nSPS) is 16.7. The number of pyridine rings is 1. The molecular formula is C21H17Cl2FN2O2. The van der Waals surface area contributed by atoms with Crippen LogP contribution < -0.4 is 5.56 Å². The molecule has 1 amide bonds. The van der Waals surface area contributed by atoms with Gasteiger partial charge in [-0.05, 0) is 47.2 Å². The van der Waals surface area contributed by atoms with Gasteiger partial charge in [0.1, 0.15) is 12.7 Å². The van der Waals surface area contributed by atoms with E-state index in [1.165, 1.54) is 9.47 Å². The van der Waals surface area contributed by atoms with Gasteiger partial charge in [-0.1, -0.05) is 41.4 Å². The van der Waals surface area contributed by atoms with Crippen molar-refractivity contribution in [2.24, 2.45) is 0 Å². The highest BCUT2D eigenvalue weighted by Crippen LogP contribution is 2.29. The summed E-state index contributed by atoms with van der Waals surface area (Å²) < 4.78 is 14.7. The Bertz CT molecular complexity index is 1130. The molecule has 1 fully saturated rings. The summed E-state index contributed by atoms with van der Waals surface area (Å²) in [5.74, 6) is -0.248. The topological polar surface area (TPSA) is 42.3 Å². The minimum Gasteiger partial charge on any atom is -0.338 e. The smallest absolute Gasteiger partial charge is 0.258 e. The van der Waals surface area contributed by atoms with Crippen LogP contribution in [0.25, 0.3) is 21.9 Å². The number of fused-ring (bicyclic) bond motifs is 1. The Kier molecular flexibility index (Phi) is 5.13. The molecule has 0 aliphatic carbocycles. The molecule has 144 valence electrons. The van der Waals surface area contributed by atoms with Gasteiger partial charge in [0.15, 0.2) is 0 Å². The zero-order chi connectivity index (χ0) is 19.8. The zero-order valence-electron chi connectivity index (χ0n) is 14.9. The minimum absolute atomic E-state index is 0.0987. The zero-order valence-corrected chi connectivity index (χ0v) is 16.4. The van der Waals surface area contributed by atoms with Crippen LogP contribution in [0, 0.1) is 0 Å². The van der Waals surface area contributed by atoms with Gasteiger partial charge in [0.25, 0.3) is 5.56 Å². The minimum atomic E-state index is -0.981. The van der Waals surface area contributed by atoms with E-state index in [2.05, 4.69) is 0 Å². The average molecular weight is 419 g/mol. The second kappa shape index (κ2) is 7.57. The van der Waals surface area contributed by atoms with Crippen molar-refractivity contribution >= 4 is 39.9 Å². The van der Waals surface area contributed by atoms with Crippen molar-refractivity contribution in [2.75, 3.05) is 13.1 Å². The second-order valence-corrected chi connectivity index (χ2v) is 7.72. The lowest BCUT2D eigenvalue weighted by Gasteiger charge is -2.16. The van der Waals surface area contributed by atoms with E-state index < -0.39 is 6.17 Å². The lowest BCUT2D eigenvalue weighted by atomic mass is 10.0. The highest BCUT2D eigenvalue weighted by Gasteiger charge is 2.26. The lowest BCUT2D eigenvalue weighted by Crippen LogP contribution is -2.35. The molecule has 0 spiro atoms. The first-order valence-electron chi connectivity index (χ1n) is 8.93. The van der Waals surface area contributed by atoms with Gasteiger partial charge in [0.2, 0.25) is 5.91 Å². The predicted molar refractivity (Wildman–Crippen MR) is 110 cm³/mol. The van der Waals surface area contributed by atoms with Gasteiger partial charge >= 0.3 is 0 Å². The Balaban J connectivity index is 1.68. The fraction of sp³-hybridized carbons (Fsp3) is 0.238. The van der Waals surface area contributed by atoms with Crippen molar-refractivity contribution in [3.05, 3.63) is 69.1 Å².